The van der Waals surface area contributed by atoms with Crippen LogP contribution in [-0.4, -0.2) is 14.2 Å². The molecule has 0 aliphatic rings. The van der Waals surface area contributed by atoms with E-state index < -0.39 is 0 Å². The van der Waals surface area contributed by atoms with Gasteiger partial charge in [0.05, 0.1) is 19.8 Å². The Labute approximate surface area is 119 Å². The molecule has 0 N–H and O–H groups in total. The van der Waals surface area contributed by atoms with E-state index >= 15 is 0 Å². The Bertz CT molecular complexity index is 643. The van der Waals surface area contributed by atoms with E-state index in [4.69, 9.17) is 9.47 Å². The third kappa shape index (κ3) is 3.66. The van der Waals surface area contributed by atoms with Crippen molar-refractivity contribution in [3.8, 4) is 23.3 Å². The van der Waals surface area contributed by atoms with Gasteiger partial charge in [-0.2, -0.15) is 0 Å². The summed E-state index contributed by atoms with van der Waals surface area (Å²) in [6, 6.07) is 15.5. The van der Waals surface area contributed by atoms with Gasteiger partial charge in [0.1, 0.15) is 11.5 Å². The fourth-order valence-electron chi connectivity index (χ4n) is 1.72. The van der Waals surface area contributed by atoms with Crippen LogP contribution in [0.3, 0.4) is 0 Å². The van der Waals surface area contributed by atoms with Gasteiger partial charge in [0, 0.05) is 0 Å². The fraction of sp³-hybridized carbons (Fsp3) is 0.111. The summed E-state index contributed by atoms with van der Waals surface area (Å²) in [7, 11) is 3.30. The second-order valence-electron chi connectivity index (χ2n) is 4.08. The van der Waals surface area contributed by atoms with Crippen LogP contribution in [0.15, 0.2) is 54.6 Å². The average molecular weight is 264 g/mol. The molecule has 0 saturated carbocycles. The number of rotatable bonds is 3. The van der Waals surface area contributed by atoms with Crippen molar-refractivity contribution in [3.63, 3.8) is 0 Å². The minimum Gasteiger partial charge on any atom is -0.497 e. The van der Waals surface area contributed by atoms with Crippen LogP contribution in [0.1, 0.15) is 11.1 Å². The molecule has 0 amide bonds. The Morgan fingerprint density at radius 1 is 0.900 bits per heavy atom. The minimum absolute atomic E-state index is 0.790. The smallest absolute Gasteiger partial charge is 0.134 e. The van der Waals surface area contributed by atoms with Crippen LogP contribution < -0.4 is 9.47 Å². The lowest BCUT2D eigenvalue weighted by Gasteiger charge is -2.00. The molecule has 0 atom stereocenters. The van der Waals surface area contributed by atoms with E-state index in [1.165, 1.54) is 0 Å². The number of benzene rings is 2. The predicted octanol–water partition coefficient (Wildman–Crippen LogP) is 3.77. The lowest BCUT2D eigenvalue weighted by molar-refractivity contribution is 0.413. The maximum Gasteiger partial charge on any atom is 0.134 e. The van der Waals surface area contributed by atoms with Crippen molar-refractivity contribution in [2.24, 2.45) is 0 Å². The second kappa shape index (κ2) is 7.06. The summed E-state index contributed by atoms with van der Waals surface area (Å²) < 4.78 is 10.4. The molecule has 0 unspecified atom stereocenters. The maximum absolute atomic E-state index is 5.25. The van der Waals surface area contributed by atoms with E-state index in [1.807, 2.05) is 60.7 Å². The summed E-state index contributed by atoms with van der Waals surface area (Å²) in [5, 5.41) is 0. The van der Waals surface area contributed by atoms with Crippen LogP contribution in [-0.2, 0) is 0 Å². The third-order valence-corrected chi connectivity index (χ3v) is 2.79. The Kier molecular flexibility index (Phi) is 4.86. The molecule has 0 heterocycles. The van der Waals surface area contributed by atoms with Crippen molar-refractivity contribution >= 4 is 6.08 Å². The lowest BCUT2D eigenvalue weighted by Crippen LogP contribution is -1.85. The molecular formula is C18H16O2. The highest BCUT2D eigenvalue weighted by Gasteiger charge is 1.95. The first-order valence-corrected chi connectivity index (χ1v) is 6.28. The molecule has 2 rings (SSSR count). The highest BCUT2D eigenvalue weighted by Crippen LogP contribution is 2.15. The summed E-state index contributed by atoms with van der Waals surface area (Å²) >= 11 is 0. The number of hydrogen-bond acceptors (Lipinski definition) is 2. The molecule has 2 nitrogen and oxygen atoms in total. The van der Waals surface area contributed by atoms with Gasteiger partial charge < -0.3 is 9.47 Å². The number of allylic oxidation sites excluding steroid dienone is 1. The van der Waals surface area contributed by atoms with Crippen molar-refractivity contribution in [2.45, 2.75) is 0 Å². The molecule has 0 aliphatic carbocycles. The Morgan fingerprint density at radius 3 is 2.35 bits per heavy atom. The van der Waals surface area contributed by atoms with Crippen molar-refractivity contribution in [2.75, 3.05) is 14.2 Å². The van der Waals surface area contributed by atoms with E-state index in [0.717, 1.165) is 22.6 Å². The summed E-state index contributed by atoms with van der Waals surface area (Å²) in [6.07, 6.45) is 3.79. The van der Waals surface area contributed by atoms with Crippen LogP contribution in [0.4, 0.5) is 0 Å². The molecular weight excluding hydrogens is 248 g/mol. The van der Waals surface area contributed by atoms with Crippen molar-refractivity contribution in [1.82, 2.24) is 0 Å². The zero-order chi connectivity index (χ0) is 14.2. The monoisotopic (exact) mass is 264 g/mol. The van der Waals surface area contributed by atoms with Gasteiger partial charge in [-0.25, -0.2) is 0 Å². The quantitative estimate of drug-likeness (QED) is 0.786. The highest BCUT2D eigenvalue weighted by molar-refractivity contribution is 5.55. The van der Waals surface area contributed by atoms with E-state index in [1.54, 1.807) is 14.2 Å². The van der Waals surface area contributed by atoms with Gasteiger partial charge in [-0.1, -0.05) is 36.1 Å². The van der Waals surface area contributed by atoms with Gasteiger partial charge in [-0.15, -0.1) is 0 Å². The molecule has 2 heteroatoms. The van der Waals surface area contributed by atoms with Crippen LogP contribution in [0.25, 0.3) is 6.08 Å². The molecule has 0 radical (unpaired) electrons. The van der Waals surface area contributed by atoms with Crippen LogP contribution in [0.5, 0.6) is 11.5 Å². The molecule has 0 saturated heterocycles. The van der Waals surface area contributed by atoms with Crippen molar-refractivity contribution < 1.29 is 9.47 Å². The normalized spacial score (nSPS) is 9.90. The maximum atomic E-state index is 5.25. The minimum atomic E-state index is 0.790. The highest BCUT2D eigenvalue weighted by atomic mass is 16.5. The summed E-state index contributed by atoms with van der Waals surface area (Å²) in [6.45, 7) is 0. The van der Waals surface area contributed by atoms with E-state index in [-0.39, 0.29) is 0 Å². The zero-order valence-electron chi connectivity index (χ0n) is 11.6. The molecule has 0 spiro atoms. The fourth-order valence-corrected chi connectivity index (χ4v) is 1.72. The molecule has 20 heavy (non-hydrogen) atoms. The molecule has 100 valence electrons. The van der Waals surface area contributed by atoms with Gasteiger partial charge in [0.2, 0.25) is 0 Å². The largest absolute Gasteiger partial charge is 0.497 e. The first-order chi connectivity index (χ1) is 9.83. The molecule has 0 aliphatic heterocycles. The number of ether oxygens (including phenoxy) is 2. The average Bonchev–Trinajstić information content (AvgIpc) is 2.52. The Hall–Kier alpha value is -2.66. The summed E-state index contributed by atoms with van der Waals surface area (Å²) in [5.74, 6) is 7.72. The first kappa shape index (κ1) is 13.8. The summed E-state index contributed by atoms with van der Waals surface area (Å²) in [4.78, 5) is 0. The van der Waals surface area contributed by atoms with Crippen LogP contribution in [0.2, 0.25) is 0 Å². The zero-order valence-corrected chi connectivity index (χ0v) is 11.6. The molecule has 0 bridgehead atoms. The lowest BCUT2D eigenvalue weighted by atomic mass is 10.2. The topological polar surface area (TPSA) is 18.5 Å². The Morgan fingerprint density at radius 2 is 1.65 bits per heavy atom. The second-order valence-corrected chi connectivity index (χ2v) is 4.08. The van der Waals surface area contributed by atoms with E-state index in [9.17, 15) is 0 Å². The molecule has 0 aromatic heterocycles. The number of methoxy groups -OCH3 is 2. The standard InChI is InChI=1S/C18H16O2/c1-19-17-13-11-15(12-14-17)7-3-4-8-16-9-5-6-10-18(16)20-2/h3,5-7,9-14H,1-2H3/b7-3-. The molecule has 2 aromatic carbocycles. The van der Waals surface area contributed by atoms with E-state index in [0.29, 0.717) is 0 Å². The third-order valence-electron chi connectivity index (χ3n) is 2.79. The van der Waals surface area contributed by atoms with E-state index in [2.05, 4.69) is 11.8 Å². The Balaban J connectivity index is 2.08. The van der Waals surface area contributed by atoms with Gasteiger partial charge in [0.25, 0.3) is 0 Å². The van der Waals surface area contributed by atoms with Crippen LogP contribution in [0, 0.1) is 11.8 Å². The molecule has 2 aromatic rings. The van der Waals surface area contributed by atoms with Crippen molar-refractivity contribution in [3.05, 3.63) is 65.7 Å². The van der Waals surface area contributed by atoms with Gasteiger partial charge in [-0.05, 0) is 42.0 Å². The first-order valence-electron chi connectivity index (χ1n) is 6.28. The molecule has 0 fully saturated rings. The number of para-hydroxylation sites is 1. The summed E-state index contributed by atoms with van der Waals surface area (Å²) in [5.41, 5.74) is 1.97. The van der Waals surface area contributed by atoms with Gasteiger partial charge >= 0.3 is 0 Å². The van der Waals surface area contributed by atoms with Crippen LogP contribution >= 0.6 is 0 Å². The van der Waals surface area contributed by atoms with Crippen molar-refractivity contribution in [1.29, 1.82) is 0 Å². The SMILES string of the molecule is COc1ccc(/C=C\C#Cc2ccccc2OC)cc1. The van der Waals surface area contributed by atoms with Gasteiger partial charge in [0.15, 0.2) is 0 Å². The predicted molar refractivity (Wildman–Crippen MR) is 81.9 cm³/mol. The van der Waals surface area contributed by atoms with Gasteiger partial charge in [-0.3, -0.25) is 0 Å². The number of hydrogen-bond donors (Lipinski definition) is 0.